The molecule has 7 unspecified atom stereocenters. The van der Waals surface area contributed by atoms with E-state index in [9.17, 15) is 49.7 Å². The van der Waals surface area contributed by atoms with E-state index in [-0.39, 0.29) is 35.8 Å². The Hall–Kier alpha value is -1.76. The fraction of sp³-hybridized carbons (Fsp3) is 0.829. The van der Waals surface area contributed by atoms with Crippen molar-refractivity contribution in [3.8, 4) is 5.75 Å². The van der Waals surface area contributed by atoms with Gasteiger partial charge in [0.05, 0.1) is 5.60 Å². The van der Waals surface area contributed by atoms with Gasteiger partial charge in [-0.05, 0) is 119 Å². The number of unbranched alkanes of at least 4 members (excludes halogenated alkanes) is 5. The molecule has 2 fully saturated rings. The Morgan fingerprint density at radius 2 is 1.46 bits per heavy atom. The number of benzene rings is 1. The summed E-state index contributed by atoms with van der Waals surface area (Å²) >= 11 is 0. The van der Waals surface area contributed by atoms with Crippen LogP contribution >= 0.6 is 0 Å². The molecule has 1 aromatic rings. The number of rotatable bonds is 15. The van der Waals surface area contributed by atoms with Crippen molar-refractivity contribution >= 4 is 0 Å². The van der Waals surface area contributed by atoms with Gasteiger partial charge in [-0.15, -0.1) is 0 Å². The predicted molar refractivity (Wildman–Crippen MR) is 162 cm³/mol. The van der Waals surface area contributed by atoms with Gasteiger partial charge in [-0.2, -0.15) is 39.5 Å². The molecule has 0 radical (unpaired) electrons. The van der Waals surface area contributed by atoms with E-state index in [0.717, 1.165) is 56.2 Å². The van der Waals surface area contributed by atoms with Crippen LogP contribution in [0.4, 0.5) is 43.9 Å². The van der Waals surface area contributed by atoms with Crippen molar-refractivity contribution in [3.05, 3.63) is 29.3 Å². The Morgan fingerprint density at radius 1 is 0.854 bits per heavy atom. The topological polar surface area (TPSA) is 43.7 Å². The highest BCUT2D eigenvalue weighted by Gasteiger charge is 2.81. The number of phenols is 1. The van der Waals surface area contributed by atoms with Crippen LogP contribution in [-0.4, -0.2) is 71.0 Å². The molecule has 0 heterocycles. The number of aromatic hydroxyl groups is 1. The van der Waals surface area contributed by atoms with Crippen LogP contribution in [0.3, 0.4) is 0 Å². The van der Waals surface area contributed by atoms with Crippen molar-refractivity contribution in [2.75, 3.05) is 20.1 Å². The van der Waals surface area contributed by atoms with Gasteiger partial charge >= 0.3 is 23.9 Å². The lowest BCUT2D eigenvalue weighted by Gasteiger charge is -2.56. The van der Waals surface area contributed by atoms with Crippen molar-refractivity contribution in [3.63, 3.8) is 0 Å². The number of fused-ring (bicyclic) bond motifs is 5. The number of hydrogen-bond acceptors (Lipinski definition) is 3. The standard InChI is InChI=1S/C35H49F10NO2/c1-30-21-27(36)29-25-13-12-24(47)20-23(25)19-22(28(29)26(30)14-16-31(30,2)48)11-7-6-10-18-46(3)17-9-5-4-8-15-32(37,38)33(39,40)34(41,42)35(43,44)45/h12-13,20,22,26-29,47-48H,4-11,14-19,21H2,1-3H3. The van der Waals surface area contributed by atoms with E-state index in [0.29, 0.717) is 32.2 Å². The van der Waals surface area contributed by atoms with Crippen LogP contribution in [0.1, 0.15) is 108 Å². The Kier molecular flexibility index (Phi) is 11.5. The van der Waals surface area contributed by atoms with Crippen LogP contribution in [0.5, 0.6) is 5.75 Å². The Balaban J connectivity index is 1.21. The highest BCUT2D eigenvalue weighted by molar-refractivity contribution is 5.41. The molecular formula is C35H49F10NO2. The third kappa shape index (κ3) is 7.33. The average Bonchev–Trinajstić information content (AvgIpc) is 3.21. The first kappa shape index (κ1) is 39.0. The second-order valence-corrected chi connectivity index (χ2v) is 15.2. The molecule has 3 aliphatic rings. The minimum absolute atomic E-state index is 0.0171. The quantitative estimate of drug-likeness (QED) is 0.141. The molecule has 0 aliphatic heterocycles. The number of phenolic OH excluding ortho intramolecular Hbond substituents is 1. The van der Waals surface area contributed by atoms with Crippen LogP contribution in [0.25, 0.3) is 0 Å². The van der Waals surface area contributed by atoms with Crippen molar-refractivity contribution in [2.45, 2.75) is 139 Å². The Bertz CT molecular complexity index is 1240. The van der Waals surface area contributed by atoms with Gasteiger partial charge in [0.15, 0.2) is 0 Å². The average molecular weight is 706 g/mol. The van der Waals surface area contributed by atoms with Gasteiger partial charge in [-0.3, -0.25) is 0 Å². The first-order chi connectivity index (χ1) is 22.1. The van der Waals surface area contributed by atoms with E-state index >= 15 is 4.39 Å². The van der Waals surface area contributed by atoms with Gasteiger partial charge in [0, 0.05) is 17.8 Å². The normalized spacial score (nSPS) is 31.1. The van der Waals surface area contributed by atoms with Gasteiger partial charge < -0.3 is 15.1 Å². The summed E-state index contributed by atoms with van der Waals surface area (Å²) in [7, 11) is 1.87. The molecule has 0 spiro atoms. The monoisotopic (exact) mass is 705 g/mol. The number of aliphatic hydroxyl groups is 1. The second kappa shape index (κ2) is 14.1. The largest absolute Gasteiger partial charge is 0.508 e. The van der Waals surface area contributed by atoms with Crippen LogP contribution in [0.15, 0.2) is 18.2 Å². The van der Waals surface area contributed by atoms with E-state index < -0.39 is 54.0 Å². The van der Waals surface area contributed by atoms with Crippen molar-refractivity contribution in [2.24, 2.45) is 23.2 Å². The molecule has 2 N–H and O–H groups in total. The van der Waals surface area contributed by atoms with E-state index in [1.807, 2.05) is 31.9 Å². The van der Waals surface area contributed by atoms with Gasteiger partial charge in [-0.25, -0.2) is 4.39 Å². The van der Waals surface area contributed by atoms with Crippen LogP contribution in [0, 0.1) is 23.2 Å². The summed E-state index contributed by atoms with van der Waals surface area (Å²) < 4.78 is 133. The third-order valence-electron chi connectivity index (χ3n) is 12.0. The van der Waals surface area contributed by atoms with Gasteiger partial charge in [0.25, 0.3) is 0 Å². The molecule has 13 heteroatoms. The molecule has 0 bridgehead atoms. The zero-order valence-corrected chi connectivity index (χ0v) is 27.8. The smallest absolute Gasteiger partial charge is 0.460 e. The van der Waals surface area contributed by atoms with E-state index in [2.05, 4.69) is 0 Å². The fourth-order valence-corrected chi connectivity index (χ4v) is 9.01. The van der Waals surface area contributed by atoms with Crippen molar-refractivity contribution in [1.29, 1.82) is 0 Å². The first-order valence-corrected chi connectivity index (χ1v) is 17.1. The van der Waals surface area contributed by atoms with Crippen LogP contribution < -0.4 is 0 Å². The van der Waals surface area contributed by atoms with E-state index in [4.69, 9.17) is 0 Å². The van der Waals surface area contributed by atoms with Gasteiger partial charge in [0.1, 0.15) is 11.9 Å². The number of hydrogen-bond donors (Lipinski definition) is 2. The molecule has 7 atom stereocenters. The van der Waals surface area contributed by atoms with Crippen molar-refractivity contribution < 1.29 is 54.1 Å². The number of halogens is 10. The molecule has 0 amide bonds. The summed E-state index contributed by atoms with van der Waals surface area (Å²) in [5, 5.41) is 21.4. The Labute approximate surface area is 276 Å². The molecule has 0 saturated heterocycles. The van der Waals surface area contributed by atoms with E-state index in [1.54, 1.807) is 12.1 Å². The molecule has 48 heavy (non-hydrogen) atoms. The molecule has 3 aliphatic carbocycles. The molecule has 0 aromatic heterocycles. The maximum atomic E-state index is 16.1. The Morgan fingerprint density at radius 3 is 2.08 bits per heavy atom. The molecule has 2 saturated carbocycles. The van der Waals surface area contributed by atoms with Crippen LogP contribution in [0.2, 0.25) is 0 Å². The van der Waals surface area contributed by atoms with Crippen LogP contribution in [-0.2, 0) is 6.42 Å². The lowest BCUT2D eigenvalue weighted by atomic mass is 9.50. The zero-order valence-electron chi connectivity index (χ0n) is 27.8. The highest BCUT2D eigenvalue weighted by Crippen LogP contribution is 2.66. The van der Waals surface area contributed by atoms with Crippen molar-refractivity contribution in [1.82, 2.24) is 4.90 Å². The third-order valence-corrected chi connectivity index (χ3v) is 12.0. The maximum Gasteiger partial charge on any atom is 0.460 e. The predicted octanol–water partition coefficient (Wildman–Crippen LogP) is 10.1. The SMILES string of the molecule is CN(CCCCCCC(F)(F)C(F)(F)C(F)(F)C(F)(F)F)CCCCCC1Cc2cc(O)ccc2C2C(F)CC3(C)C(CCC3(C)O)C12. The molecule has 276 valence electrons. The number of alkyl halides is 10. The molecule has 4 rings (SSSR count). The summed E-state index contributed by atoms with van der Waals surface area (Å²) in [4.78, 5) is 2.03. The minimum atomic E-state index is -6.84. The van der Waals surface area contributed by atoms with Gasteiger partial charge in [0.2, 0.25) is 0 Å². The summed E-state index contributed by atoms with van der Waals surface area (Å²) in [6, 6.07) is 5.25. The summed E-state index contributed by atoms with van der Waals surface area (Å²) in [6.07, 6.45) is -3.30. The minimum Gasteiger partial charge on any atom is -0.508 e. The molecule has 3 nitrogen and oxygen atoms in total. The lowest BCUT2D eigenvalue weighted by molar-refractivity contribution is -0.396. The number of nitrogens with zero attached hydrogens (tertiary/aromatic N) is 1. The highest BCUT2D eigenvalue weighted by atomic mass is 19.4. The summed E-state index contributed by atoms with van der Waals surface area (Å²) in [5.74, 6) is -18.5. The summed E-state index contributed by atoms with van der Waals surface area (Å²) in [5.41, 5.74) is 0.544. The molecule has 1 aromatic carbocycles. The second-order valence-electron chi connectivity index (χ2n) is 15.2. The summed E-state index contributed by atoms with van der Waals surface area (Å²) in [6.45, 7) is 5.19. The fourth-order valence-electron chi connectivity index (χ4n) is 9.01. The van der Waals surface area contributed by atoms with E-state index in [1.165, 1.54) is 0 Å². The lowest BCUT2D eigenvalue weighted by Crippen LogP contribution is -2.60. The molecular weight excluding hydrogens is 656 g/mol. The maximum absolute atomic E-state index is 16.1. The first-order valence-electron chi connectivity index (χ1n) is 17.1. The zero-order chi connectivity index (χ0) is 35.9. The van der Waals surface area contributed by atoms with Gasteiger partial charge in [-0.1, -0.05) is 38.7 Å².